The molecule has 0 bridgehead atoms. The van der Waals surface area contributed by atoms with E-state index in [-0.39, 0.29) is 28.1 Å². The highest BCUT2D eigenvalue weighted by Gasteiger charge is 2.43. The highest BCUT2D eigenvalue weighted by Crippen LogP contribution is 2.44. The molecule has 0 saturated heterocycles. The smallest absolute Gasteiger partial charge is 0.416 e. The first-order valence-corrected chi connectivity index (χ1v) is 15.9. The second-order valence-electron chi connectivity index (χ2n) is 12.4. The number of ether oxygens (including phenoxy) is 1. The number of halogens is 3. The largest absolute Gasteiger partial charge is 0.478 e. The Bertz CT molecular complexity index is 1700. The topological polar surface area (TPSA) is 91.8 Å². The number of aliphatic carboxylic acids is 1. The highest BCUT2D eigenvalue weighted by atomic mass is 19.4. The molecule has 4 rings (SSSR count). The van der Waals surface area contributed by atoms with Crippen LogP contribution in [0.4, 0.5) is 13.2 Å². The predicted octanol–water partition coefficient (Wildman–Crippen LogP) is 7.76. The minimum Gasteiger partial charge on any atom is -0.478 e. The second kappa shape index (κ2) is 15.9. The number of carboxylic acids is 1. The van der Waals surface area contributed by atoms with Crippen molar-refractivity contribution in [3.05, 3.63) is 129 Å². The predicted molar refractivity (Wildman–Crippen MR) is 180 cm³/mol. The summed E-state index contributed by atoms with van der Waals surface area (Å²) in [6.07, 6.45) is 2.54. The SMILES string of the molecule is CC(=Cc1ccc(Cc2cccnc2)cc1)CN(C)CCCC(C)OC(=O)C1=C(C)NC(C)=C(C(=O)O)C1c1ccccc1C(F)(F)F. The van der Waals surface area contributed by atoms with E-state index in [0.29, 0.717) is 12.8 Å². The first-order chi connectivity index (χ1) is 22.7. The van der Waals surface area contributed by atoms with Crippen molar-refractivity contribution in [1.82, 2.24) is 15.2 Å². The summed E-state index contributed by atoms with van der Waals surface area (Å²) in [5.41, 5.74) is 3.30. The fourth-order valence-electron chi connectivity index (χ4n) is 6.12. The molecule has 254 valence electrons. The van der Waals surface area contributed by atoms with Crippen LogP contribution < -0.4 is 5.32 Å². The van der Waals surface area contributed by atoms with Crippen LogP contribution in [0.5, 0.6) is 0 Å². The number of dihydropyridines is 1. The molecule has 1 aromatic heterocycles. The van der Waals surface area contributed by atoms with Crippen molar-refractivity contribution in [1.29, 1.82) is 0 Å². The van der Waals surface area contributed by atoms with Crippen LogP contribution >= 0.6 is 0 Å². The van der Waals surface area contributed by atoms with Gasteiger partial charge in [0, 0.05) is 30.3 Å². The lowest BCUT2D eigenvalue weighted by atomic mass is 9.78. The zero-order valence-corrected chi connectivity index (χ0v) is 27.9. The van der Waals surface area contributed by atoms with Gasteiger partial charge >= 0.3 is 18.1 Å². The molecular weight excluding hydrogens is 619 g/mol. The zero-order valence-electron chi connectivity index (χ0n) is 27.9. The van der Waals surface area contributed by atoms with Crippen molar-refractivity contribution in [3.8, 4) is 0 Å². The van der Waals surface area contributed by atoms with Crippen molar-refractivity contribution < 1.29 is 32.6 Å². The van der Waals surface area contributed by atoms with Crippen LogP contribution in [0.3, 0.4) is 0 Å². The van der Waals surface area contributed by atoms with Gasteiger partial charge in [-0.3, -0.25) is 4.98 Å². The third kappa shape index (κ3) is 9.44. The third-order valence-electron chi connectivity index (χ3n) is 8.29. The summed E-state index contributed by atoms with van der Waals surface area (Å²) in [4.78, 5) is 32.2. The molecule has 0 radical (unpaired) electrons. The molecule has 10 heteroatoms. The minimum absolute atomic E-state index is 0.149. The molecule has 2 atom stereocenters. The van der Waals surface area contributed by atoms with Gasteiger partial charge in [-0.05, 0) is 94.9 Å². The molecule has 0 amide bonds. The summed E-state index contributed by atoms with van der Waals surface area (Å²) in [5.74, 6) is -3.73. The minimum atomic E-state index is -4.75. The molecule has 48 heavy (non-hydrogen) atoms. The summed E-state index contributed by atoms with van der Waals surface area (Å²) in [6, 6.07) is 17.2. The van der Waals surface area contributed by atoms with Crippen LogP contribution in [0.2, 0.25) is 0 Å². The highest BCUT2D eigenvalue weighted by molar-refractivity contribution is 5.99. The van der Waals surface area contributed by atoms with Gasteiger partial charge in [0.05, 0.1) is 28.7 Å². The van der Waals surface area contributed by atoms with E-state index in [1.165, 1.54) is 43.2 Å². The average molecular weight is 662 g/mol. The van der Waals surface area contributed by atoms with Gasteiger partial charge in [-0.15, -0.1) is 0 Å². The van der Waals surface area contributed by atoms with Crippen LogP contribution in [0.15, 0.2) is 101 Å². The van der Waals surface area contributed by atoms with E-state index in [9.17, 15) is 27.9 Å². The van der Waals surface area contributed by atoms with Crippen molar-refractivity contribution in [2.75, 3.05) is 20.1 Å². The van der Waals surface area contributed by atoms with E-state index >= 15 is 0 Å². The van der Waals surface area contributed by atoms with Gasteiger partial charge in [-0.1, -0.05) is 60.2 Å². The van der Waals surface area contributed by atoms with Crippen LogP contribution in [-0.4, -0.2) is 53.2 Å². The Labute approximate surface area is 279 Å². The van der Waals surface area contributed by atoms with Gasteiger partial charge in [0.15, 0.2) is 0 Å². The number of hydrogen-bond acceptors (Lipinski definition) is 6. The van der Waals surface area contributed by atoms with E-state index < -0.39 is 35.7 Å². The van der Waals surface area contributed by atoms with Gasteiger partial charge in [0.25, 0.3) is 0 Å². The Kier molecular flexibility index (Phi) is 12.0. The van der Waals surface area contributed by atoms with Gasteiger partial charge in [-0.2, -0.15) is 13.2 Å². The van der Waals surface area contributed by atoms with Crippen LogP contribution in [0.25, 0.3) is 6.08 Å². The van der Waals surface area contributed by atoms with E-state index in [4.69, 9.17) is 4.74 Å². The number of aromatic nitrogens is 1. The molecule has 3 aromatic rings. The number of alkyl halides is 3. The Hall–Kier alpha value is -4.70. The van der Waals surface area contributed by atoms with Crippen LogP contribution in [0.1, 0.15) is 74.3 Å². The first-order valence-electron chi connectivity index (χ1n) is 15.9. The van der Waals surface area contributed by atoms with Crippen molar-refractivity contribution >= 4 is 18.0 Å². The summed E-state index contributed by atoms with van der Waals surface area (Å²) < 4.78 is 47.8. The molecule has 0 spiro atoms. The monoisotopic (exact) mass is 661 g/mol. The standard InChI is InChI=1S/C38H42F3N3O4/c1-24(20-28-14-16-29(17-15-28)21-30-11-8-18-42-22-30)23-44(5)19-9-10-25(2)48-37(47)34-27(4)43-26(3)33(36(45)46)35(34)31-12-6-7-13-32(31)38(39,40)41/h6-8,11-18,20,22,25,35,43H,9-10,19,21,23H2,1-5H3,(H,45,46). The van der Waals surface area contributed by atoms with E-state index in [2.05, 4.69) is 58.5 Å². The lowest BCUT2D eigenvalue weighted by Crippen LogP contribution is -2.33. The number of nitrogens with zero attached hydrogens (tertiary/aromatic N) is 2. The molecule has 1 aliphatic rings. The van der Waals surface area contributed by atoms with Gasteiger partial charge in [-0.25, -0.2) is 9.59 Å². The number of nitrogens with one attached hydrogen (secondary N) is 1. The Balaban J connectivity index is 1.35. The average Bonchev–Trinajstić information content (AvgIpc) is 3.01. The van der Waals surface area contributed by atoms with Crippen molar-refractivity contribution in [3.63, 3.8) is 0 Å². The molecule has 0 aliphatic carbocycles. The third-order valence-corrected chi connectivity index (χ3v) is 8.29. The molecule has 2 N–H and O–H groups in total. The lowest BCUT2D eigenvalue weighted by molar-refractivity contribution is -0.145. The Morgan fingerprint density at radius 2 is 1.71 bits per heavy atom. The van der Waals surface area contributed by atoms with Gasteiger partial charge < -0.3 is 20.1 Å². The summed E-state index contributed by atoms with van der Waals surface area (Å²) in [6.45, 7) is 8.28. The maximum atomic E-state index is 14.0. The molecule has 1 aliphatic heterocycles. The summed E-state index contributed by atoms with van der Waals surface area (Å²) in [7, 11) is 2.01. The maximum absolute atomic E-state index is 14.0. The molecule has 2 unspecified atom stereocenters. The van der Waals surface area contributed by atoms with Crippen LogP contribution in [-0.2, 0) is 26.9 Å². The molecule has 7 nitrogen and oxygen atoms in total. The lowest BCUT2D eigenvalue weighted by Gasteiger charge is -2.31. The number of hydrogen-bond donors (Lipinski definition) is 2. The fourth-order valence-corrected chi connectivity index (χ4v) is 6.12. The fraction of sp³-hybridized carbons (Fsp3) is 0.342. The van der Waals surface area contributed by atoms with Gasteiger partial charge in [0.1, 0.15) is 0 Å². The number of carbonyl (C=O) groups is 2. The second-order valence-corrected chi connectivity index (χ2v) is 12.4. The number of rotatable bonds is 13. The van der Waals surface area contributed by atoms with E-state index in [1.54, 1.807) is 13.1 Å². The number of benzene rings is 2. The molecule has 2 aromatic carbocycles. The first kappa shape index (κ1) is 36.1. The van der Waals surface area contributed by atoms with E-state index in [0.717, 1.165) is 36.7 Å². The van der Waals surface area contributed by atoms with Crippen molar-refractivity contribution in [2.45, 2.75) is 65.2 Å². The number of esters is 1. The normalized spacial score (nSPS) is 16.2. The molecule has 2 heterocycles. The molecule has 0 saturated carbocycles. The van der Waals surface area contributed by atoms with E-state index in [1.807, 2.05) is 19.3 Å². The Morgan fingerprint density at radius 3 is 2.35 bits per heavy atom. The molecule has 0 fully saturated rings. The summed E-state index contributed by atoms with van der Waals surface area (Å²) >= 11 is 0. The number of pyridine rings is 1. The number of carbonyl (C=O) groups excluding carboxylic acids is 1. The number of likely N-dealkylation sites (N-methyl/N-ethyl adjacent to an activating group) is 1. The van der Waals surface area contributed by atoms with Crippen LogP contribution in [0, 0.1) is 0 Å². The maximum Gasteiger partial charge on any atom is 0.416 e. The Morgan fingerprint density at radius 1 is 1.02 bits per heavy atom. The zero-order chi connectivity index (χ0) is 35.0. The molecular formula is C38H42F3N3O4. The quantitative estimate of drug-likeness (QED) is 0.181. The van der Waals surface area contributed by atoms with Crippen molar-refractivity contribution in [2.24, 2.45) is 0 Å². The summed E-state index contributed by atoms with van der Waals surface area (Å²) in [5, 5.41) is 12.9. The van der Waals surface area contributed by atoms with Gasteiger partial charge in [0.2, 0.25) is 0 Å². The number of carboxylic acid groups (broad SMARTS) is 1. The number of allylic oxidation sites excluding steroid dienone is 2.